The Morgan fingerprint density at radius 2 is 2.19 bits per heavy atom. The number of ether oxygens (including phenoxy) is 1. The van der Waals surface area contributed by atoms with Crippen LogP contribution in [0.1, 0.15) is 23.2 Å². The Hall–Kier alpha value is -1.82. The van der Waals surface area contributed by atoms with Gasteiger partial charge in [-0.15, -0.1) is 12.3 Å². The molecule has 0 bridgehead atoms. The Morgan fingerprint density at radius 1 is 1.44 bits per heavy atom. The highest BCUT2D eigenvalue weighted by Gasteiger charge is 2.10. The van der Waals surface area contributed by atoms with E-state index in [-0.39, 0.29) is 18.8 Å². The van der Waals surface area contributed by atoms with Crippen molar-refractivity contribution in [2.75, 3.05) is 13.3 Å². The third kappa shape index (κ3) is 3.39. The van der Waals surface area contributed by atoms with E-state index in [1.807, 2.05) is 0 Å². The second kappa shape index (κ2) is 6.62. The normalized spacial score (nSPS) is 9.50. The molecule has 16 heavy (non-hydrogen) atoms. The summed E-state index contributed by atoms with van der Waals surface area (Å²) in [6, 6.07) is 6.79. The Bertz CT molecular complexity index is 393. The number of rotatable bonds is 6. The fourth-order valence-corrected chi connectivity index (χ4v) is 1.29. The van der Waals surface area contributed by atoms with Crippen molar-refractivity contribution >= 4 is 5.78 Å². The molecule has 0 aliphatic carbocycles. The first-order chi connectivity index (χ1) is 7.79. The van der Waals surface area contributed by atoms with Gasteiger partial charge in [0.25, 0.3) is 0 Å². The number of hydrogen-bond donors (Lipinski definition) is 0. The lowest BCUT2D eigenvalue weighted by Gasteiger charge is -2.08. The van der Waals surface area contributed by atoms with Crippen molar-refractivity contribution < 1.29 is 13.9 Å². The summed E-state index contributed by atoms with van der Waals surface area (Å²) in [6.07, 6.45) is 5.77. The van der Waals surface area contributed by atoms with Crippen molar-refractivity contribution in [1.29, 1.82) is 0 Å². The first-order valence-corrected chi connectivity index (χ1v) is 5.04. The third-order valence-electron chi connectivity index (χ3n) is 2.02. The van der Waals surface area contributed by atoms with E-state index in [4.69, 9.17) is 11.2 Å². The summed E-state index contributed by atoms with van der Waals surface area (Å²) < 4.78 is 17.1. The molecular formula is C13H13FO2. The molecule has 3 heteroatoms. The molecule has 0 aromatic heterocycles. The van der Waals surface area contributed by atoms with E-state index in [9.17, 15) is 9.18 Å². The maximum atomic E-state index is 12.0. The van der Waals surface area contributed by atoms with Gasteiger partial charge in [0.05, 0.1) is 5.56 Å². The number of halogens is 1. The molecule has 0 unspecified atom stereocenters. The van der Waals surface area contributed by atoms with Gasteiger partial charge in [0.15, 0.2) is 5.78 Å². The molecule has 1 rings (SSSR count). The van der Waals surface area contributed by atoms with Crippen LogP contribution in [0.5, 0.6) is 5.75 Å². The van der Waals surface area contributed by atoms with Gasteiger partial charge in [-0.3, -0.25) is 4.79 Å². The van der Waals surface area contributed by atoms with E-state index in [1.54, 1.807) is 24.3 Å². The lowest BCUT2D eigenvalue weighted by Crippen LogP contribution is -2.05. The van der Waals surface area contributed by atoms with Crippen LogP contribution in [0.25, 0.3) is 0 Å². The standard InChI is InChI=1S/C13H13FO2/c1-2-3-7-12(15)11-6-4-5-8-13(11)16-10-9-14/h1,4-6,8H,3,7,9-10H2. The Kier molecular flexibility index (Phi) is 5.07. The molecule has 1 aromatic rings. The monoisotopic (exact) mass is 220 g/mol. The highest BCUT2D eigenvalue weighted by molar-refractivity contribution is 5.98. The van der Waals surface area contributed by atoms with Crippen LogP contribution >= 0.6 is 0 Å². The highest BCUT2D eigenvalue weighted by atomic mass is 19.1. The minimum Gasteiger partial charge on any atom is -0.490 e. The van der Waals surface area contributed by atoms with Crippen LogP contribution in [0.15, 0.2) is 24.3 Å². The molecule has 0 saturated carbocycles. The Morgan fingerprint density at radius 3 is 2.88 bits per heavy atom. The zero-order valence-corrected chi connectivity index (χ0v) is 8.91. The SMILES string of the molecule is C#CCCC(=O)c1ccccc1OCCF. The minimum atomic E-state index is -0.577. The number of carbonyl (C=O) groups excluding carboxylic acids is 1. The molecule has 0 heterocycles. The topological polar surface area (TPSA) is 26.3 Å². The minimum absolute atomic E-state index is 0.0422. The molecule has 2 nitrogen and oxygen atoms in total. The smallest absolute Gasteiger partial charge is 0.167 e. The summed E-state index contributed by atoms with van der Waals surface area (Å²) in [5, 5.41) is 0. The van der Waals surface area contributed by atoms with Crippen LogP contribution in [0.2, 0.25) is 0 Å². The van der Waals surface area contributed by atoms with Gasteiger partial charge < -0.3 is 4.74 Å². The number of alkyl halides is 1. The molecule has 0 saturated heterocycles. The molecule has 0 atom stereocenters. The molecule has 0 N–H and O–H groups in total. The lowest BCUT2D eigenvalue weighted by molar-refractivity contribution is 0.0980. The molecule has 1 aromatic carbocycles. The van der Waals surface area contributed by atoms with Gasteiger partial charge in [-0.1, -0.05) is 12.1 Å². The molecule has 0 fully saturated rings. The number of ketones is 1. The predicted molar refractivity (Wildman–Crippen MR) is 60.3 cm³/mol. The quantitative estimate of drug-likeness (QED) is 0.544. The molecular weight excluding hydrogens is 207 g/mol. The summed E-state index contributed by atoms with van der Waals surface area (Å²) in [4.78, 5) is 11.7. The molecule has 0 aliphatic rings. The van der Waals surface area contributed by atoms with Crippen LogP contribution in [0.4, 0.5) is 4.39 Å². The fraction of sp³-hybridized carbons (Fsp3) is 0.308. The van der Waals surface area contributed by atoms with Crippen molar-refractivity contribution in [3.63, 3.8) is 0 Å². The first-order valence-electron chi connectivity index (χ1n) is 5.04. The summed E-state index contributed by atoms with van der Waals surface area (Å²) in [5.74, 6) is 2.75. The third-order valence-corrected chi connectivity index (χ3v) is 2.02. The molecule has 0 aliphatic heterocycles. The van der Waals surface area contributed by atoms with Gasteiger partial charge in [0.1, 0.15) is 19.0 Å². The zero-order chi connectivity index (χ0) is 11.8. The molecule has 84 valence electrons. The average Bonchev–Trinajstić information content (AvgIpc) is 2.33. The van der Waals surface area contributed by atoms with Gasteiger partial charge in [0, 0.05) is 12.8 Å². The largest absolute Gasteiger partial charge is 0.490 e. The first kappa shape index (κ1) is 12.3. The summed E-state index contributed by atoms with van der Waals surface area (Å²) in [7, 11) is 0. The summed E-state index contributed by atoms with van der Waals surface area (Å²) in [6.45, 7) is -0.619. The number of para-hydroxylation sites is 1. The second-order valence-electron chi connectivity index (χ2n) is 3.16. The predicted octanol–water partition coefficient (Wildman–Crippen LogP) is 2.63. The van der Waals surface area contributed by atoms with Crippen molar-refractivity contribution in [1.82, 2.24) is 0 Å². The van der Waals surface area contributed by atoms with Gasteiger partial charge in [-0.25, -0.2) is 4.39 Å². The van der Waals surface area contributed by atoms with Crippen molar-refractivity contribution in [2.45, 2.75) is 12.8 Å². The van der Waals surface area contributed by atoms with E-state index in [2.05, 4.69) is 5.92 Å². The lowest BCUT2D eigenvalue weighted by atomic mass is 10.1. The number of benzene rings is 1. The fourth-order valence-electron chi connectivity index (χ4n) is 1.29. The van der Waals surface area contributed by atoms with Crippen molar-refractivity contribution in [3.05, 3.63) is 29.8 Å². The van der Waals surface area contributed by atoms with Gasteiger partial charge in [-0.2, -0.15) is 0 Å². The van der Waals surface area contributed by atoms with Gasteiger partial charge in [0.2, 0.25) is 0 Å². The maximum Gasteiger partial charge on any atom is 0.167 e. The van der Waals surface area contributed by atoms with E-state index in [0.29, 0.717) is 17.7 Å². The van der Waals surface area contributed by atoms with Crippen LogP contribution < -0.4 is 4.74 Å². The molecule has 0 amide bonds. The number of carbonyl (C=O) groups is 1. The second-order valence-corrected chi connectivity index (χ2v) is 3.16. The van der Waals surface area contributed by atoms with E-state index >= 15 is 0 Å². The van der Waals surface area contributed by atoms with Crippen LogP contribution in [-0.4, -0.2) is 19.1 Å². The summed E-state index contributed by atoms with van der Waals surface area (Å²) in [5.41, 5.74) is 0.464. The van der Waals surface area contributed by atoms with Crippen LogP contribution in [0.3, 0.4) is 0 Å². The van der Waals surface area contributed by atoms with Crippen LogP contribution in [-0.2, 0) is 0 Å². The molecule has 0 radical (unpaired) electrons. The van der Waals surface area contributed by atoms with E-state index < -0.39 is 6.67 Å². The number of hydrogen-bond acceptors (Lipinski definition) is 2. The van der Waals surface area contributed by atoms with Gasteiger partial charge in [-0.05, 0) is 12.1 Å². The zero-order valence-electron chi connectivity index (χ0n) is 8.91. The maximum absolute atomic E-state index is 12.0. The van der Waals surface area contributed by atoms with E-state index in [0.717, 1.165) is 0 Å². The van der Waals surface area contributed by atoms with E-state index in [1.165, 1.54) is 0 Å². The Labute approximate surface area is 94.4 Å². The van der Waals surface area contributed by atoms with Crippen LogP contribution in [0, 0.1) is 12.3 Å². The Balaban J connectivity index is 2.77. The number of terminal acetylenes is 1. The molecule has 0 spiro atoms. The average molecular weight is 220 g/mol. The number of Topliss-reactive ketones (excluding diaryl/α,β-unsaturated/α-hetero) is 1. The van der Waals surface area contributed by atoms with Gasteiger partial charge >= 0.3 is 0 Å². The van der Waals surface area contributed by atoms with Crippen molar-refractivity contribution in [3.8, 4) is 18.1 Å². The van der Waals surface area contributed by atoms with Crippen molar-refractivity contribution in [2.24, 2.45) is 0 Å². The highest BCUT2D eigenvalue weighted by Crippen LogP contribution is 2.20. The summed E-state index contributed by atoms with van der Waals surface area (Å²) >= 11 is 0.